The van der Waals surface area contributed by atoms with Crippen molar-refractivity contribution >= 4 is 23.3 Å². The van der Waals surface area contributed by atoms with Gasteiger partial charge in [0.1, 0.15) is 12.2 Å². The van der Waals surface area contributed by atoms with Crippen LogP contribution in [0.2, 0.25) is 0 Å². The second-order valence-electron chi connectivity index (χ2n) is 9.13. The maximum Gasteiger partial charge on any atom is 0.369 e. The van der Waals surface area contributed by atoms with Gasteiger partial charge in [0.2, 0.25) is 6.23 Å². The second-order valence-corrected chi connectivity index (χ2v) is 9.66. The van der Waals surface area contributed by atoms with Gasteiger partial charge in [-0.25, -0.2) is 4.79 Å². The molecule has 0 bridgehead atoms. The lowest BCUT2D eigenvalue weighted by molar-refractivity contribution is -0.944. The van der Waals surface area contributed by atoms with Crippen LogP contribution >= 0.6 is 11.7 Å². The molecule has 7 nitrogen and oxygen atoms in total. The van der Waals surface area contributed by atoms with Crippen molar-refractivity contribution in [2.24, 2.45) is 0 Å². The molecule has 2 unspecified atom stereocenters. The van der Waals surface area contributed by atoms with Gasteiger partial charge in [0.25, 0.3) is 5.88 Å². The maximum atomic E-state index is 12.8. The molecule has 0 saturated heterocycles. The average molecular weight is 475 g/mol. The molecule has 33 heavy (non-hydrogen) atoms. The number of unbranched alkanes of at least 4 members (excludes halogenated alkanes) is 3. The Hall–Kier alpha value is -2.29. The number of carbonyl (C=O) groups excluding carboxylic acids is 1. The van der Waals surface area contributed by atoms with E-state index in [9.17, 15) is 4.79 Å². The van der Waals surface area contributed by atoms with Crippen LogP contribution in [0, 0.1) is 0 Å². The van der Waals surface area contributed by atoms with Gasteiger partial charge in [-0.2, -0.15) is 4.37 Å². The molecule has 2 heterocycles. The summed E-state index contributed by atoms with van der Waals surface area (Å²) in [6.45, 7) is 6.45. The number of esters is 1. The van der Waals surface area contributed by atoms with E-state index in [2.05, 4.69) is 34.5 Å². The Bertz CT molecular complexity index is 917. The van der Waals surface area contributed by atoms with Crippen LogP contribution in [0.15, 0.2) is 36.4 Å². The zero-order valence-electron chi connectivity index (χ0n) is 20.2. The number of nitrogens with zero attached hydrogens (tertiary/aromatic N) is 3. The molecule has 8 heteroatoms. The lowest BCUT2D eigenvalue weighted by Crippen LogP contribution is -2.67. The van der Waals surface area contributed by atoms with Crippen molar-refractivity contribution in [3.63, 3.8) is 0 Å². The van der Waals surface area contributed by atoms with E-state index in [0.29, 0.717) is 29.9 Å². The van der Waals surface area contributed by atoms with Crippen molar-refractivity contribution < 1.29 is 24.5 Å². The van der Waals surface area contributed by atoms with Gasteiger partial charge in [0, 0.05) is 25.3 Å². The molecular formula is C25H38N4O3S+2. The molecule has 0 radical (unpaired) electrons. The third kappa shape index (κ3) is 7.09. The molecule has 2 aromatic rings. The first-order valence-electron chi connectivity index (χ1n) is 12.0. The largest absolute Gasteiger partial charge is 0.475 e. The number of aromatic nitrogens is 2. The normalized spacial score (nSPS) is 20.1. The zero-order valence-corrected chi connectivity index (χ0v) is 21.0. The van der Waals surface area contributed by atoms with Gasteiger partial charge in [-0.15, -0.1) is 4.37 Å². The Kier molecular flexibility index (Phi) is 9.41. The summed E-state index contributed by atoms with van der Waals surface area (Å²) >= 11 is 1.19. The number of carbonyl (C=O) groups is 1. The minimum Gasteiger partial charge on any atom is -0.475 e. The minimum atomic E-state index is -0.434. The molecule has 3 rings (SSSR count). The Labute approximate surface area is 201 Å². The van der Waals surface area contributed by atoms with Gasteiger partial charge in [0.15, 0.2) is 6.04 Å². The topological polar surface area (TPSA) is 89.0 Å². The molecule has 1 aliphatic rings. The summed E-state index contributed by atoms with van der Waals surface area (Å²) in [5.41, 5.74) is 7.07. The van der Waals surface area contributed by atoms with E-state index >= 15 is 0 Å². The first-order valence-corrected chi connectivity index (χ1v) is 12.7. The van der Waals surface area contributed by atoms with Crippen LogP contribution in [-0.2, 0) is 16.0 Å². The van der Waals surface area contributed by atoms with Crippen LogP contribution in [-0.4, -0.2) is 58.2 Å². The van der Waals surface area contributed by atoms with Crippen molar-refractivity contribution in [3.05, 3.63) is 47.7 Å². The fourth-order valence-electron chi connectivity index (χ4n) is 4.09. The molecule has 3 atom stereocenters. The Balaban J connectivity index is 1.57. The monoisotopic (exact) mass is 474 g/mol. The molecule has 0 aliphatic carbocycles. The van der Waals surface area contributed by atoms with Crippen LogP contribution in [0.3, 0.4) is 0 Å². The maximum absolute atomic E-state index is 12.8. The third-order valence-corrected chi connectivity index (χ3v) is 6.90. The first kappa shape index (κ1) is 25.3. The van der Waals surface area contributed by atoms with Crippen molar-refractivity contribution in [2.45, 2.75) is 64.6 Å². The number of benzene rings is 1. The van der Waals surface area contributed by atoms with E-state index in [-0.39, 0.29) is 12.2 Å². The van der Waals surface area contributed by atoms with Crippen LogP contribution in [0.25, 0.3) is 5.57 Å². The summed E-state index contributed by atoms with van der Waals surface area (Å²) in [5, 5.41) is 0. The number of quaternary nitrogens is 2. The van der Waals surface area contributed by atoms with Gasteiger partial charge in [-0.3, -0.25) is 4.48 Å². The minimum absolute atomic E-state index is 0.256. The fourth-order valence-corrected chi connectivity index (χ4v) is 4.62. The summed E-state index contributed by atoms with van der Waals surface area (Å²) in [6, 6.07) is 9.50. The smallest absolute Gasteiger partial charge is 0.369 e. The highest BCUT2D eigenvalue weighted by Gasteiger charge is 2.38. The van der Waals surface area contributed by atoms with Crippen molar-refractivity contribution in [3.8, 4) is 5.88 Å². The number of rotatable bonds is 12. The third-order valence-electron chi connectivity index (χ3n) is 6.38. The predicted octanol–water partition coefficient (Wildman–Crippen LogP) is 3.47. The SMILES string of the molecule is CCCCCCOc1nsnc1C1=CCC[N+](C)(C(C)OC(=O)[C@@H]([NH3+])Cc2ccccc2)C1. The second kappa shape index (κ2) is 12.3. The molecule has 0 spiro atoms. The number of hydrogen-bond acceptors (Lipinski definition) is 6. The van der Waals surface area contributed by atoms with Crippen LogP contribution in [0.5, 0.6) is 5.88 Å². The van der Waals surface area contributed by atoms with E-state index in [4.69, 9.17) is 9.47 Å². The lowest BCUT2D eigenvalue weighted by atomic mass is 10.0. The number of ether oxygens (including phenoxy) is 2. The van der Waals surface area contributed by atoms with E-state index in [1.165, 1.54) is 31.0 Å². The Morgan fingerprint density at radius 2 is 2.00 bits per heavy atom. The molecule has 0 amide bonds. The Morgan fingerprint density at radius 3 is 2.76 bits per heavy atom. The van der Waals surface area contributed by atoms with E-state index in [0.717, 1.165) is 36.2 Å². The fraction of sp³-hybridized carbons (Fsp3) is 0.560. The molecule has 1 aliphatic heterocycles. The van der Waals surface area contributed by atoms with Gasteiger partial charge in [-0.1, -0.05) is 62.6 Å². The summed E-state index contributed by atoms with van der Waals surface area (Å²) in [4.78, 5) is 12.8. The summed E-state index contributed by atoms with van der Waals surface area (Å²) in [6.07, 6.45) is 8.02. The van der Waals surface area contributed by atoms with E-state index in [1.807, 2.05) is 37.3 Å². The van der Waals surface area contributed by atoms with Crippen molar-refractivity contribution in [2.75, 3.05) is 26.7 Å². The molecule has 180 valence electrons. The molecule has 3 N–H and O–H groups in total. The molecule has 1 aromatic carbocycles. The highest BCUT2D eigenvalue weighted by Crippen LogP contribution is 2.31. The van der Waals surface area contributed by atoms with Crippen LogP contribution in [0.1, 0.15) is 57.2 Å². The lowest BCUT2D eigenvalue weighted by Gasteiger charge is -2.41. The molecule has 0 saturated carbocycles. The van der Waals surface area contributed by atoms with Crippen molar-refractivity contribution in [1.82, 2.24) is 8.75 Å². The standard InChI is InChI=1S/C25H37N4O3S/c1-4-5-6-10-16-31-24-23(27-33-28-24)21-14-11-15-29(3,18-21)19(2)32-25(30)22(26)17-20-12-8-7-9-13-20/h7-9,12-14,19,22H,4-6,10-11,15-18,26H2,1-3H3/q+1/p+1/t19?,22-,29?/m0/s1. The van der Waals surface area contributed by atoms with E-state index < -0.39 is 6.04 Å². The van der Waals surface area contributed by atoms with E-state index in [1.54, 1.807) is 0 Å². The van der Waals surface area contributed by atoms with Gasteiger partial charge in [-0.05, 0) is 12.0 Å². The summed E-state index contributed by atoms with van der Waals surface area (Å²) < 4.78 is 21.4. The highest BCUT2D eigenvalue weighted by molar-refractivity contribution is 6.99. The quantitative estimate of drug-likeness (QED) is 0.289. The average Bonchev–Trinajstić information content (AvgIpc) is 3.28. The zero-order chi connectivity index (χ0) is 23.7. The molecule has 1 aromatic heterocycles. The Morgan fingerprint density at radius 1 is 1.21 bits per heavy atom. The highest BCUT2D eigenvalue weighted by atomic mass is 32.1. The summed E-state index contributed by atoms with van der Waals surface area (Å²) in [7, 11) is 2.13. The molecule has 0 fully saturated rings. The number of hydrogen-bond donors (Lipinski definition) is 1. The van der Waals surface area contributed by atoms with Gasteiger partial charge in [0.05, 0.1) is 31.9 Å². The predicted molar refractivity (Wildman–Crippen MR) is 130 cm³/mol. The van der Waals surface area contributed by atoms with Crippen molar-refractivity contribution in [1.29, 1.82) is 0 Å². The van der Waals surface area contributed by atoms with Crippen LogP contribution < -0.4 is 10.5 Å². The number of likely N-dealkylation sites (N-methyl/N-ethyl adjacent to an activating group) is 1. The first-order chi connectivity index (χ1) is 15.9. The summed E-state index contributed by atoms with van der Waals surface area (Å²) in [5.74, 6) is 0.370. The van der Waals surface area contributed by atoms with Gasteiger partial charge >= 0.3 is 5.97 Å². The van der Waals surface area contributed by atoms with Crippen LogP contribution in [0.4, 0.5) is 0 Å². The molecular weight excluding hydrogens is 436 g/mol. The van der Waals surface area contributed by atoms with Gasteiger partial charge < -0.3 is 15.2 Å².